The van der Waals surface area contributed by atoms with Crippen molar-refractivity contribution < 1.29 is 0 Å². The molecule has 0 atom stereocenters. The lowest BCUT2D eigenvalue weighted by Crippen LogP contribution is -2.05. The van der Waals surface area contributed by atoms with Crippen LogP contribution in [0, 0.1) is 0 Å². The van der Waals surface area contributed by atoms with Crippen molar-refractivity contribution >= 4 is 94.4 Å². The molecule has 0 fully saturated rings. The Morgan fingerprint density at radius 2 is 1.43 bits per heavy atom. The molecule has 0 unspecified atom stereocenters. The molecule has 0 amide bonds. The SMILES string of the molecule is CCc1c(/C=C/c2ccc3c(-n4c5ccccc5c5ccc(C6=Cc7c(n(C8=CCC=C8)c8ccccc78)CC6)cc54)cccc3c2)sc2ccccc12. The number of hydrogen-bond acceptors (Lipinski definition) is 1. The van der Waals surface area contributed by atoms with Gasteiger partial charge in [-0.25, -0.2) is 0 Å². The fourth-order valence-corrected chi connectivity index (χ4v) is 10.4. The van der Waals surface area contributed by atoms with Gasteiger partial charge in [0.2, 0.25) is 0 Å². The maximum absolute atomic E-state index is 2.50. The summed E-state index contributed by atoms with van der Waals surface area (Å²) in [6.45, 7) is 2.26. The number of hydrogen-bond donors (Lipinski definition) is 0. The molecule has 11 rings (SSSR count). The molecular formula is C51H38N2S. The molecule has 9 aromatic rings. The molecule has 0 spiro atoms. The molecule has 0 saturated carbocycles. The van der Waals surface area contributed by atoms with E-state index in [2.05, 4.69) is 180 Å². The molecule has 258 valence electrons. The molecule has 3 aromatic heterocycles. The smallest absolute Gasteiger partial charge is 0.0547 e. The van der Waals surface area contributed by atoms with Crippen molar-refractivity contribution in [3.8, 4) is 5.69 Å². The summed E-state index contributed by atoms with van der Waals surface area (Å²) in [7, 11) is 0. The predicted octanol–water partition coefficient (Wildman–Crippen LogP) is 14.1. The highest BCUT2D eigenvalue weighted by Crippen LogP contribution is 2.42. The van der Waals surface area contributed by atoms with Crippen LogP contribution in [0.3, 0.4) is 0 Å². The lowest BCUT2D eigenvalue weighted by atomic mass is 9.91. The van der Waals surface area contributed by atoms with Crippen molar-refractivity contribution in [1.82, 2.24) is 9.13 Å². The molecule has 2 nitrogen and oxygen atoms in total. The van der Waals surface area contributed by atoms with Crippen LogP contribution in [0.25, 0.3) is 88.8 Å². The maximum Gasteiger partial charge on any atom is 0.0547 e. The second kappa shape index (κ2) is 12.5. The highest BCUT2D eigenvalue weighted by molar-refractivity contribution is 7.20. The second-order valence-electron chi connectivity index (χ2n) is 14.6. The van der Waals surface area contributed by atoms with Crippen molar-refractivity contribution in [3.63, 3.8) is 0 Å². The summed E-state index contributed by atoms with van der Waals surface area (Å²) >= 11 is 1.89. The molecule has 2 aliphatic carbocycles. The van der Waals surface area contributed by atoms with Gasteiger partial charge in [0.05, 0.1) is 22.2 Å². The Morgan fingerprint density at radius 3 is 2.28 bits per heavy atom. The summed E-state index contributed by atoms with van der Waals surface area (Å²) < 4.78 is 6.35. The highest BCUT2D eigenvalue weighted by Gasteiger charge is 2.23. The van der Waals surface area contributed by atoms with Gasteiger partial charge < -0.3 is 9.13 Å². The van der Waals surface area contributed by atoms with E-state index < -0.39 is 0 Å². The van der Waals surface area contributed by atoms with E-state index in [-0.39, 0.29) is 0 Å². The standard InChI is InChI=1S/C51H38N2S/c1-2-38-43-17-7-10-21-50(43)54-51(38)29-23-33-22-26-39-36(30-33)12-11-20-45(39)53-47-19-9-5-15-40(47)42-27-24-35(32-49(42)53)34-25-28-48-44(31-34)41-16-6-8-18-46(41)52(48)37-13-3-4-14-37/h3,5-24,26-27,29-32H,2,4,25,28H2,1H3/b29-23+. The first-order chi connectivity index (χ1) is 26.7. The Morgan fingerprint density at radius 1 is 0.648 bits per heavy atom. The topological polar surface area (TPSA) is 9.86 Å². The number of para-hydroxylation sites is 2. The van der Waals surface area contributed by atoms with Crippen molar-refractivity contribution in [3.05, 3.63) is 178 Å². The zero-order valence-corrected chi connectivity index (χ0v) is 31.0. The minimum absolute atomic E-state index is 1.01. The monoisotopic (exact) mass is 710 g/mol. The molecule has 0 saturated heterocycles. The minimum atomic E-state index is 1.01. The van der Waals surface area contributed by atoms with E-state index in [0.29, 0.717) is 0 Å². The number of nitrogens with zero attached hydrogens (tertiary/aromatic N) is 2. The van der Waals surface area contributed by atoms with Crippen LogP contribution in [0.15, 0.2) is 146 Å². The van der Waals surface area contributed by atoms with Crippen LogP contribution in [0.1, 0.15) is 52.6 Å². The van der Waals surface area contributed by atoms with Gasteiger partial charge in [0.1, 0.15) is 0 Å². The quantitative estimate of drug-likeness (QED) is 0.163. The first-order valence-electron chi connectivity index (χ1n) is 19.2. The first kappa shape index (κ1) is 31.4. The summed E-state index contributed by atoms with van der Waals surface area (Å²) in [6.07, 6.45) is 18.0. The van der Waals surface area contributed by atoms with Crippen LogP contribution in [0.2, 0.25) is 0 Å². The van der Waals surface area contributed by atoms with Crippen molar-refractivity contribution in [2.75, 3.05) is 0 Å². The van der Waals surface area contributed by atoms with E-state index in [1.165, 1.54) is 103 Å². The van der Waals surface area contributed by atoms with Gasteiger partial charge in [0, 0.05) is 48.1 Å². The highest BCUT2D eigenvalue weighted by atomic mass is 32.1. The summed E-state index contributed by atoms with van der Waals surface area (Å²) in [5.41, 5.74) is 14.4. The van der Waals surface area contributed by atoms with Crippen molar-refractivity contribution in [1.29, 1.82) is 0 Å². The van der Waals surface area contributed by atoms with Crippen LogP contribution in [0.5, 0.6) is 0 Å². The van der Waals surface area contributed by atoms with Crippen molar-refractivity contribution in [2.45, 2.75) is 32.6 Å². The second-order valence-corrected chi connectivity index (χ2v) is 15.7. The minimum Gasteiger partial charge on any atom is -0.313 e. The third-order valence-electron chi connectivity index (χ3n) is 11.7. The number of benzene rings is 6. The first-order valence-corrected chi connectivity index (χ1v) is 20.0. The Balaban J connectivity index is 1.03. The molecule has 2 aliphatic rings. The lowest BCUT2D eigenvalue weighted by Gasteiger charge is -2.18. The van der Waals surface area contributed by atoms with Gasteiger partial charge in [0.15, 0.2) is 0 Å². The van der Waals surface area contributed by atoms with E-state index in [1.807, 2.05) is 11.3 Å². The summed E-state index contributed by atoms with van der Waals surface area (Å²) in [5, 5.41) is 7.79. The molecule has 3 heteroatoms. The Labute approximate surface area is 318 Å². The average molecular weight is 711 g/mol. The number of aromatic nitrogens is 2. The third kappa shape index (κ3) is 4.85. The fourth-order valence-electron chi connectivity index (χ4n) is 9.16. The van der Waals surface area contributed by atoms with E-state index >= 15 is 0 Å². The molecule has 0 radical (unpaired) electrons. The number of rotatable bonds is 6. The molecular weight excluding hydrogens is 673 g/mol. The van der Waals surface area contributed by atoms with Crippen LogP contribution in [0.4, 0.5) is 0 Å². The van der Waals surface area contributed by atoms with Gasteiger partial charge >= 0.3 is 0 Å². The molecule has 3 heterocycles. The third-order valence-corrected chi connectivity index (χ3v) is 12.8. The molecule has 54 heavy (non-hydrogen) atoms. The molecule has 0 N–H and O–H groups in total. The fraction of sp³-hybridized carbons (Fsp3) is 0.0980. The van der Waals surface area contributed by atoms with E-state index in [4.69, 9.17) is 0 Å². The van der Waals surface area contributed by atoms with Crippen LogP contribution >= 0.6 is 11.3 Å². The largest absolute Gasteiger partial charge is 0.313 e. The van der Waals surface area contributed by atoms with Crippen LogP contribution in [-0.2, 0) is 12.8 Å². The zero-order chi connectivity index (χ0) is 35.8. The van der Waals surface area contributed by atoms with Gasteiger partial charge in [-0.2, -0.15) is 0 Å². The number of fused-ring (bicyclic) bond motifs is 8. The maximum atomic E-state index is 2.50. The van der Waals surface area contributed by atoms with Crippen LogP contribution < -0.4 is 0 Å². The summed E-state index contributed by atoms with van der Waals surface area (Å²) in [6, 6.07) is 47.4. The molecule has 6 aromatic carbocycles. The van der Waals surface area contributed by atoms with E-state index in [9.17, 15) is 0 Å². The van der Waals surface area contributed by atoms with E-state index in [1.54, 1.807) is 0 Å². The van der Waals surface area contributed by atoms with Crippen LogP contribution in [-0.4, -0.2) is 9.13 Å². The summed E-state index contributed by atoms with van der Waals surface area (Å²) in [4.78, 5) is 1.35. The lowest BCUT2D eigenvalue weighted by molar-refractivity contribution is 0.911. The molecule has 0 aliphatic heterocycles. The van der Waals surface area contributed by atoms with E-state index in [0.717, 1.165) is 25.7 Å². The molecule has 0 bridgehead atoms. The number of allylic oxidation sites excluding steroid dienone is 5. The van der Waals surface area contributed by atoms with Gasteiger partial charge in [-0.15, -0.1) is 11.3 Å². The van der Waals surface area contributed by atoms with Gasteiger partial charge in [-0.3, -0.25) is 0 Å². The average Bonchev–Trinajstić information content (AvgIpc) is 4.01. The van der Waals surface area contributed by atoms with Gasteiger partial charge in [-0.05, 0) is 113 Å². The Kier molecular flexibility index (Phi) is 7.25. The van der Waals surface area contributed by atoms with Gasteiger partial charge in [-0.1, -0.05) is 116 Å². The predicted molar refractivity (Wildman–Crippen MR) is 235 cm³/mol. The van der Waals surface area contributed by atoms with Crippen molar-refractivity contribution in [2.24, 2.45) is 0 Å². The Hall–Kier alpha value is -6.16. The number of aryl methyl sites for hydroxylation is 1. The Bertz CT molecular complexity index is 3110. The normalized spacial score (nSPS) is 14.3. The summed E-state index contributed by atoms with van der Waals surface area (Å²) in [5.74, 6) is 0. The van der Waals surface area contributed by atoms with Gasteiger partial charge in [0.25, 0.3) is 0 Å². The zero-order valence-electron chi connectivity index (χ0n) is 30.2. The number of thiophene rings is 1.